The van der Waals surface area contributed by atoms with Crippen molar-refractivity contribution in [3.05, 3.63) is 52.7 Å². The second kappa shape index (κ2) is 10.2. The third-order valence-electron chi connectivity index (χ3n) is 5.78. The van der Waals surface area contributed by atoms with Crippen molar-refractivity contribution >= 4 is 27.3 Å². The van der Waals surface area contributed by atoms with E-state index >= 15 is 0 Å². The van der Waals surface area contributed by atoms with E-state index in [-0.39, 0.29) is 12.0 Å². The standard InChI is InChI=1S/C22H29N3O4S2/c26-22(18-23(16-19-6-4-14-29-19)17-20-7-5-15-30-20)24-10-12-25(13-11-24)31(27,28)21-8-2-1-3-9-21/h1-3,5,7-9,15,19H,4,6,10-14,16-18H2. The summed E-state index contributed by atoms with van der Waals surface area (Å²) in [7, 11) is -3.51. The molecule has 7 nitrogen and oxygen atoms in total. The largest absolute Gasteiger partial charge is 0.377 e. The number of piperazine rings is 1. The molecule has 0 spiro atoms. The first-order valence-corrected chi connectivity index (χ1v) is 13.0. The number of hydrogen-bond donors (Lipinski definition) is 0. The predicted molar refractivity (Wildman–Crippen MR) is 120 cm³/mol. The minimum Gasteiger partial charge on any atom is -0.377 e. The molecule has 1 aromatic carbocycles. The van der Waals surface area contributed by atoms with Crippen LogP contribution in [-0.4, -0.2) is 80.4 Å². The van der Waals surface area contributed by atoms with Crippen LogP contribution >= 0.6 is 11.3 Å². The average Bonchev–Trinajstić information content (AvgIpc) is 3.49. The van der Waals surface area contributed by atoms with Crippen molar-refractivity contribution in [2.45, 2.75) is 30.4 Å². The third kappa shape index (κ3) is 5.72. The van der Waals surface area contributed by atoms with Gasteiger partial charge in [0, 0.05) is 50.8 Å². The van der Waals surface area contributed by atoms with Crippen LogP contribution in [-0.2, 0) is 26.1 Å². The molecule has 2 aliphatic heterocycles. The Hall–Kier alpha value is -1.78. The highest BCUT2D eigenvalue weighted by atomic mass is 32.2. The molecule has 3 heterocycles. The molecule has 31 heavy (non-hydrogen) atoms. The maximum atomic E-state index is 13.0. The Morgan fingerprint density at radius 1 is 1.10 bits per heavy atom. The van der Waals surface area contributed by atoms with E-state index in [1.165, 1.54) is 9.18 Å². The molecule has 2 fully saturated rings. The molecule has 1 unspecified atom stereocenters. The highest BCUT2D eigenvalue weighted by Crippen LogP contribution is 2.19. The Morgan fingerprint density at radius 3 is 2.52 bits per heavy atom. The third-order valence-corrected chi connectivity index (χ3v) is 8.55. The van der Waals surface area contributed by atoms with Gasteiger partial charge in [-0.25, -0.2) is 8.42 Å². The topological polar surface area (TPSA) is 70.2 Å². The van der Waals surface area contributed by atoms with Crippen molar-refractivity contribution < 1.29 is 17.9 Å². The number of benzene rings is 1. The predicted octanol–water partition coefficient (Wildman–Crippen LogP) is 2.26. The lowest BCUT2D eigenvalue weighted by atomic mass is 10.2. The summed E-state index contributed by atoms with van der Waals surface area (Å²) < 4.78 is 32.9. The van der Waals surface area contributed by atoms with Crippen molar-refractivity contribution in [2.24, 2.45) is 0 Å². The number of rotatable bonds is 8. The van der Waals surface area contributed by atoms with Gasteiger partial charge in [0.15, 0.2) is 0 Å². The molecule has 0 radical (unpaired) electrons. The second-order valence-electron chi connectivity index (χ2n) is 7.98. The number of nitrogens with zero attached hydrogens (tertiary/aromatic N) is 3. The molecule has 0 saturated carbocycles. The lowest BCUT2D eigenvalue weighted by molar-refractivity contribution is -0.134. The minimum absolute atomic E-state index is 0.0475. The Balaban J connectivity index is 1.34. The first kappa shape index (κ1) is 22.4. The summed E-state index contributed by atoms with van der Waals surface area (Å²) in [5.74, 6) is 0.0475. The molecule has 2 aliphatic rings. The van der Waals surface area contributed by atoms with Gasteiger partial charge in [0.2, 0.25) is 15.9 Å². The molecule has 2 saturated heterocycles. The quantitative estimate of drug-likeness (QED) is 0.601. The fourth-order valence-corrected chi connectivity index (χ4v) is 6.28. The van der Waals surface area contributed by atoms with Crippen LogP contribution in [0.3, 0.4) is 0 Å². The molecule has 168 valence electrons. The van der Waals surface area contributed by atoms with Crippen molar-refractivity contribution in [2.75, 3.05) is 45.9 Å². The number of amides is 1. The molecule has 0 bridgehead atoms. The van der Waals surface area contributed by atoms with Crippen molar-refractivity contribution in [1.82, 2.24) is 14.1 Å². The smallest absolute Gasteiger partial charge is 0.243 e. The highest BCUT2D eigenvalue weighted by molar-refractivity contribution is 7.89. The fraction of sp³-hybridized carbons (Fsp3) is 0.500. The van der Waals surface area contributed by atoms with Gasteiger partial charge >= 0.3 is 0 Å². The van der Waals surface area contributed by atoms with Gasteiger partial charge < -0.3 is 9.64 Å². The number of thiophene rings is 1. The zero-order chi connectivity index (χ0) is 21.7. The molecule has 1 atom stereocenters. The first-order chi connectivity index (χ1) is 15.0. The number of carbonyl (C=O) groups is 1. The van der Waals surface area contributed by atoms with E-state index in [0.29, 0.717) is 37.6 Å². The van der Waals surface area contributed by atoms with E-state index in [1.54, 1.807) is 46.6 Å². The van der Waals surface area contributed by atoms with Gasteiger partial charge in [0.05, 0.1) is 17.5 Å². The summed E-state index contributed by atoms with van der Waals surface area (Å²) in [6, 6.07) is 12.6. The van der Waals surface area contributed by atoms with E-state index in [9.17, 15) is 13.2 Å². The summed E-state index contributed by atoms with van der Waals surface area (Å²) in [5, 5.41) is 2.05. The Morgan fingerprint density at radius 2 is 1.87 bits per heavy atom. The number of ether oxygens (including phenoxy) is 1. The first-order valence-electron chi connectivity index (χ1n) is 10.7. The van der Waals surface area contributed by atoms with Gasteiger partial charge in [-0.3, -0.25) is 9.69 Å². The SMILES string of the molecule is O=C(CN(Cc1cccs1)CC1CCCO1)N1CCN(S(=O)(=O)c2ccccc2)CC1. The average molecular weight is 464 g/mol. The lowest BCUT2D eigenvalue weighted by Gasteiger charge is -2.35. The summed E-state index contributed by atoms with van der Waals surface area (Å²) in [4.78, 5) is 18.5. The molecule has 1 aromatic heterocycles. The van der Waals surface area contributed by atoms with Gasteiger partial charge in [-0.15, -0.1) is 11.3 Å². The van der Waals surface area contributed by atoms with Crippen molar-refractivity contribution in [3.8, 4) is 0 Å². The summed E-state index contributed by atoms with van der Waals surface area (Å²) in [6.07, 6.45) is 2.29. The van der Waals surface area contributed by atoms with Crippen LogP contribution in [0.2, 0.25) is 0 Å². The number of hydrogen-bond acceptors (Lipinski definition) is 6. The van der Waals surface area contributed by atoms with Gasteiger partial charge in [-0.05, 0) is 36.4 Å². The normalized spacial score (nSPS) is 20.4. The summed E-state index contributed by atoms with van der Waals surface area (Å²) >= 11 is 1.69. The Kier molecular flexibility index (Phi) is 7.39. The zero-order valence-corrected chi connectivity index (χ0v) is 19.2. The van der Waals surface area contributed by atoms with Crippen LogP contribution in [0.4, 0.5) is 0 Å². The van der Waals surface area contributed by atoms with Crippen LogP contribution in [0.5, 0.6) is 0 Å². The molecule has 2 aromatic rings. The van der Waals surface area contributed by atoms with Gasteiger partial charge in [-0.2, -0.15) is 4.31 Å². The molecule has 4 rings (SSSR count). The summed E-state index contributed by atoms with van der Waals surface area (Å²) in [6.45, 7) is 4.05. The monoisotopic (exact) mass is 463 g/mol. The van der Waals surface area contributed by atoms with Crippen LogP contribution in [0.15, 0.2) is 52.7 Å². The van der Waals surface area contributed by atoms with Crippen LogP contribution in [0.1, 0.15) is 17.7 Å². The van der Waals surface area contributed by atoms with Crippen LogP contribution in [0, 0.1) is 0 Å². The van der Waals surface area contributed by atoms with Crippen molar-refractivity contribution in [1.29, 1.82) is 0 Å². The fourth-order valence-electron chi connectivity index (χ4n) is 4.09. The van der Waals surface area contributed by atoms with E-state index in [2.05, 4.69) is 11.0 Å². The minimum atomic E-state index is -3.51. The second-order valence-corrected chi connectivity index (χ2v) is 11.0. The van der Waals surface area contributed by atoms with E-state index in [0.717, 1.165) is 32.5 Å². The maximum Gasteiger partial charge on any atom is 0.243 e. The summed E-state index contributed by atoms with van der Waals surface area (Å²) in [5.41, 5.74) is 0. The molecular weight excluding hydrogens is 434 g/mol. The van der Waals surface area contributed by atoms with Crippen molar-refractivity contribution in [3.63, 3.8) is 0 Å². The van der Waals surface area contributed by atoms with E-state index in [1.807, 2.05) is 11.4 Å². The van der Waals surface area contributed by atoms with Gasteiger partial charge in [0.1, 0.15) is 0 Å². The van der Waals surface area contributed by atoms with E-state index in [4.69, 9.17) is 4.74 Å². The van der Waals surface area contributed by atoms with Gasteiger partial charge in [0.25, 0.3) is 0 Å². The molecule has 1 amide bonds. The molecule has 0 aliphatic carbocycles. The Labute approximate surface area is 188 Å². The van der Waals surface area contributed by atoms with E-state index < -0.39 is 10.0 Å². The van der Waals surface area contributed by atoms with Crippen LogP contribution in [0.25, 0.3) is 0 Å². The molecule has 0 N–H and O–H groups in total. The van der Waals surface area contributed by atoms with Crippen LogP contribution < -0.4 is 0 Å². The number of carbonyl (C=O) groups excluding carboxylic acids is 1. The maximum absolute atomic E-state index is 13.0. The highest BCUT2D eigenvalue weighted by Gasteiger charge is 2.31. The molecule has 9 heteroatoms. The molecular formula is C22H29N3O4S2. The Bertz CT molecular complexity index is 936. The number of sulfonamides is 1. The van der Waals surface area contributed by atoms with Gasteiger partial charge in [-0.1, -0.05) is 24.3 Å². The zero-order valence-electron chi connectivity index (χ0n) is 17.6. The lowest BCUT2D eigenvalue weighted by Crippen LogP contribution is -2.52.